The lowest BCUT2D eigenvalue weighted by Gasteiger charge is -2.11. The van der Waals surface area contributed by atoms with Crippen LogP contribution in [0, 0.1) is 0 Å². The molecule has 0 aliphatic carbocycles. The molecule has 2 aromatic rings. The molecule has 0 fully saturated rings. The molecule has 0 saturated heterocycles. The van der Waals surface area contributed by atoms with Gasteiger partial charge in [0.25, 0.3) is 0 Å². The van der Waals surface area contributed by atoms with E-state index in [9.17, 15) is 4.79 Å². The van der Waals surface area contributed by atoms with Crippen molar-refractivity contribution >= 4 is 29.5 Å². The molecule has 0 radical (unpaired) electrons. The molecule has 0 atom stereocenters. The molecule has 0 aromatic heterocycles. The zero-order valence-corrected chi connectivity index (χ0v) is 14.5. The number of rotatable bonds is 5. The number of hydrogen-bond acceptors (Lipinski definition) is 5. The van der Waals surface area contributed by atoms with Crippen LogP contribution in [0.2, 0.25) is 5.02 Å². The summed E-state index contributed by atoms with van der Waals surface area (Å²) in [4.78, 5) is 16.5. The zero-order valence-electron chi connectivity index (χ0n) is 13.8. The Kier molecular flexibility index (Phi) is 5.05. The van der Waals surface area contributed by atoms with E-state index in [1.165, 1.54) is 0 Å². The number of para-hydroxylation sites is 1. The number of benzene rings is 2. The van der Waals surface area contributed by atoms with Crippen molar-refractivity contribution in [1.29, 1.82) is 0 Å². The molecule has 5 nitrogen and oxygen atoms in total. The van der Waals surface area contributed by atoms with Crippen molar-refractivity contribution in [2.24, 2.45) is 4.99 Å². The Bertz CT molecular complexity index is 873. The van der Waals surface area contributed by atoms with Crippen molar-refractivity contribution in [2.75, 3.05) is 13.7 Å². The zero-order chi connectivity index (χ0) is 17.8. The van der Waals surface area contributed by atoms with Crippen molar-refractivity contribution < 1.29 is 19.0 Å². The Morgan fingerprint density at radius 2 is 2.00 bits per heavy atom. The van der Waals surface area contributed by atoms with Crippen molar-refractivity contribution in [3.63, 3.8) is 0 Å². The number of ether oxygens (including phenoxy) is 3. The van der Waals surface area contributed by atoms with Crippen molar-refractivity contribution in [3.05, 3.63) is 64.3 Å². The lowest BCUT2D eigenvalue weighted by Crippen LogP contribution is -2.05. The van der Waals surface area contributed by atoms with E-state index in [2.05, 4.69) is 4.99 Å². The summed E-state index contributed by atoms with van der Waals surface area (Å²) >= 11 is 6.14. The Morgan fingerprint density at radius 3 is 2.72 bits per heavy atom. The Hall–Kier alpha value is -2.79. The molecule has 25 heavy (non-hydrogen) atoms. The van der Waals surface area contributed by atoms with Crippen LogP contribution >= 0.6 is 11.6 Å². The summed E-state index contributed by atoms with van der Waals surface area (Å²) in [6.07, 6.45) is 1.61. The highest BCUT2D eigenvalue weighted by molar-refractivity contribution is 6.34. The number of carbonyl (C=O) groups excluding carboxylic acids is 1. The molecule has 0 spiro atoms. The SMILES string of the molecule is CCOc1c(/C=C2\N=C(c3ccccc3Cl)OC2=O)cccc1OC. The average Bonchev–Trinajstić information content (AvgIpc) is 2.97. The third-order valence-electron chi connectivity index (χ3n) is 3.53. The Balaban J connectivity index is 2.02. The van der Waals surface area contributed by atoms with Gasteiger partial charge in [-0.3, -0.25) is 0 Å². The minimum atomic E-state index is -0.541. The maximum absolute atomic E-state index is 12.2. The fourth-order valence-corrected chi connectivity index (χ4v) is 2.63. The first-order chi connectivity index (χ1) is 12.1. The van der Waals surface area contributed by atoms with Gasteiger partial charge in [-0.1, -0.05) is 35.9 Å². The maximum atomic E-state index is 12.2. The highest BCUT2D eigenvalue weighted by Crippen LogP contribution is 2.33. The first-order valence-electron chi connectivity index (χ1n) is 7.71. The molecule has 0 amide bonds. The van der Waals surface area contributed by atoms with E-state index in [0.717, 1.165) is 0 Å². The smallest absolute Gasteiger partial charge is 0.363 e. The van der Waals surface area contributed by atoms with Crippen molar-refractivity contribution in [2.45, 2.75) is 6.92 Å². The molecule has 2 aromatic carbocycles. The molecule has 0 unspecified atom stereocenters. The number of aliphatic imine (C=N–C) groups is 1. The minimum absolute atomic E-state index is 0.170. The lowest BCUT2D eigenvalue weighted by atomic mass is 10.1. The Morgan fingerprint density at radius 1 is 1.20 bits per heavy atom. The van der Waals surface area contributed by atoms with E-state index in [1.807, 2.05) is 19.1 Å². The van der Waals surface area contributed by atoms with E-state index < -0.39 is 5.97 Å². The predicted molar refractivity (Wildman–Crippen MR) is 96.2 cm³/mol. The quantitative estimate of drug-likeness (QED) is 0.597. The summed E-state index contributed by atoms with van der Waals surface area (Å²) in [7, 11) is 1.56. The highest BCUT2D eigenvalue weighted by Gasteiger charge is 2.26. The second kappa shape index (κ2) is 7.40. The van der Waals surface area contributed by atoms with Gasteiger partial charge in [-0.05, 0) is 31.2 Å². The third-order valence-corrected chi connectivity index (χ3v) is 3.86. The van der Waals surface area contributed by atoms with Crippen LogP contribution in [-0.4, -0.2) is 25.6 Å². The van der Waals surface area contributed by atoms with Crippen LogP contribution in [0.4, 0.5) is 0 Å². The molecule has 0 bridgehead atoms. The molecular formula is C19H16ClNO4. The van der Waals surface area contributed by atoms with Crippen LogP contribution in [0.15, 0.2) is 53.2 Å². The van der Waals surface area contributed by atoms with E-state index in [0.29, 0.717) is 34.3 Å². The Labute approximate surface area is 150 Å². The number of esters is 1. The molecular weight excluding hydrogens is 342 g/mol. The first kappa shape index (κ1) is 17.0. The first-order valence-corrected chi connectivity index (χ1v) is 8.09. The molecule has 1 heterocycles. The van der Waals surface area contributed by atoms with Gasteiger partial charge in [-0.15, -0.1) is 0 Å². The number of nitrogens with zero attached hydrogens (tertiary/aromatic N) is 1. The average molecular weight is 358 g/mol. The van der Waals surface area contributed by atoms with Crippen molar-refractivity contribution in [1.82, 2.24) is 0 Å². The second-order valence-corrected chi connectivity index (χ2v) is 5.53. The minimum Gasteiger partial charge on any atom is -0.493 e. The second-order valence-electron chi connectivity index (χ2n) is 5.13. The lowest BCUT2D eigenvalue weighted by molar-refractivity contribution is -0.129. The number of cyclic esters (lactones) is 1. The monoisotopic (exact) mass is 357 g/mol. The van der Waals surface area contributed by atoms with Gasteiger partial charge in [0.05, 0.1) is 24.3 Å². The van der Waals surface area contributed by atoms with E-state index >= 15 is 0 Å². The fraction of sp³-hybridized carbons (Fsp3) is 0.158. The van der Waals surface area contributed by atoms with Gasteiger partial charge in [-0.25, -0.2) is 9.79 Å². The fourth-order valence-electron chi connectivity index (χ4n) is 2.41. The summed E-state index contributed by atoms with van der Waals surface area (Å²) in [6, 6.07) is 12.5. The standard InChI is InChI=1S/C19H16ClNO4/c1-3-24-17-12(7-6-10-16(17)23-2)11-15-19(22)25-18(21-15)13-8-4-5-9-14(13)20/h4-11H,3H2,1-2H3/b15-11-. The summed E-state index contributed by atoms with van der Waals surface area (Å²) in [5, 5.41) is 0.465. The van der Waals surface area contributed by atoms with Crippen LogP contribution in [-0.2, 0) is 9.53 Å². The predicted octanol–water partition coefficient (Wildman–Crippen LogP) is 4.09. The van der Waals surface area contributed by atoms with Crippen LogP contribution in [0.5, 0.6) is 11.5 Å². The molecule has 0 saturated carbocycles. The van der Waals surface area contributed by atoms with Gasteiger partial charge in [0, 0.05) is 5.56 Å². The van der Waals surface area contributed by atoms with E-state index in [4.69, 9.17) is 25.8 Å². The molecule has 128 valence electrons. The molecule has 3 rings (SSSR count). The normalized spacial score (nSPS) is 15.1. The van der Waals surface area contributed by atoms with E-state index in [-0.39, 0.29) is 11.6 Å². The summed E-state index contributed by atoms with van der Waals surface area (Å²) in [5.41, 5.74) is 1.41. The number of hydrogen-bond donors (Lipinski definition) is 0. The molecule has 1 aliphatic rings. The summed E-state index contributed by atoms with van der Waals surface area (Å²) < 4.78 is 16.2. The van der Waals surface area contributed by atoms with Gasteiger partial charge >= 0.3 is 5.97 Å². The van der Waals surface area contributed by atoms with Gasteiger partial charge in [-0.2, -0.15) is 0 Å². The summed E-state index contributed by atoms with van der Waals surface area (Å²) in [6.45, 7) is 2.34. The molecule has 1 aliphatic heterocycles. The van der Waals surface area contributed by atoms with Gasteiger partial charge in [0.15, 0.2) is 17.2 Å². The third kappa shape index (κ3) is 3.51. The van der Waals surface area contributed by atoms with Gasteiger partial charge < -0.3 is 14.2 Å². The van der Waals surface area contributed by atoms with Crippen LogP contribution < -0.4 is 9.47 Å². The number of methoxy groups -OCH3 is 1. The maximum Gasteiger partial charge on any atom is 0.363 e. The van der Waals surface area contributed by atoms with Gasteiger partial charge in [0.2, 0.25) is 5.90 Å². The largest absolute Gasteiger partial charge is 0.493 e. The van der Waals surface area contributed by atoms with Crippen LogP contribution in [0.25, 0.3) is 6.08 Å². The highest BCUT2D eigenvalue weighted by atomic mass is 35.5. The number of carbonyl (C=O) groups is 1. The van der Waals surface area contributed by atoms with Gasteiger partial charge in [0.1, 0.15) is 0 Å². The van der Waals surface area contributed by atoms with E-state index in [1.54, 1.807) is 43.5 Å². The number of halogens is 1. The van der Waals surface area contributed by atoms with Crippen LogP contribution in [0.1, 0.15) is 18.1 Å². The topological polar surface area (TPSA) is 57.1 Å². The molecule has 6 heteroatoms. The summed E-state index contributed by atoms with van der Waals surface area (Å²) in [5.74, 6) is 0.773. The molecule has 0 N–H and O–H groups in total. The van der Waals surface area contributed by atoms with Crippen LogP contribution in [0.3, 0.4) is 0 Å². The van der Waals surface area contributed by atoms with Crippen molar-refractivity contribution in [3.8, 4) is 11.5 Å².